The van der Waals surface area contributed by atoms with Gasteiger partial charge in [-0.25, -0.2) is 4.79 Å². The average Bonchev–Trinajstić information content (AvgIpc) is 2.86. The van der Waals surface area contributed by atoms with Crippen LogP contribution in [0, 0.1) is 0 Å². The second-order valence-corrected chi connectivity index (χ2v) is 4.05. The third kappa shape index (κ3) is 0.960. The van der Waals surface area contributed by atoms with Crippen LogP contribution in [0.15, 0.2) is 24.3 Å². The first-order chi connectivity index (χ1) is 7.28. The van der Waals surface area contributed by atoms with E-state index >= 15 is 0 Å². The van der Waals surface area contributed by atoms with Crippen molar-refractivity contribution >= 4 is 5.97 Å². The molecule has 3 heteroatoms. The van der Waals surface area contributed by atoms with E-state index in [1.165, 1.54) is 7.11 Å². The third-order valence-electron chi connectivity index (χ3n) is 3.36. The molecule has 2 bridgehead atoms. The summed E-state index contributed by atoms with van der Waals surface area (Å²) in [5.74, 6) is -0.269. The van der Waals surface area contributed by atoms with Crippen LogP contribution in [0.4, 0.5) is 0 Å². The predicted octanol–water partition coefficient (Wildman–Crippen LogP) is 1.92. The molecule has 1 aromatic rings. The molecule has 1 fully saturated rings. The number of benzene rings is 1. The molecule has 0 N–H and O–H groups in total. The van der Waals surface area contributed by atoms with Crippen LogP contribution in [0.3, 0.4) is 0 Å². The second kappa shape index (κ2) is 2.83. The van der Waals surface area contributed by atoms with Crippen LogP contribution in [0.1, 0.15) is 30.1 Å². The zero-order valence-electron chi connectivity index (χ0n) is 8.53. The van der Waals surface area contributed by atoms with Crippen LogP contribution in [0.5, 0.6) is 0 Å². The highest BCUT2D eigenvalue weighted by molar-refractivity contribution is 5.83. The number of fused-ring (bicyclic) bond motifs is 5. The number of rotatable bonds is 1. The molecule has 1 aromatic carbocycles. The van der Waals surface area contributed by atoms with Gasteiger partial charge in [0.25, 0.3) is 0 Å². The molecule has 2 atom stereocenters. The van der Waals surface area contributed by atoms with Gasteiger partial charge in [0.05, 0.1) is 13.2 Å². The quantitative estimate of drug-likeness (QED) is 0.655. The van der Waals surface area contributed by atoms with Crippen molar-refractivity contribution in [2.45, 2.75) is 24.5 Å². The summed E-state index contributed by atoms with van der Waals surface area (Å²) in [4.78, 5) is 11.8. The van der Waals surface area contributed by atoms with E-state index in [0.717, 1.165) is 24.0 Å². The van der Waals surface area contributed by atoms with Crippen molar-refractivity contribution in [3.05, 3.63) is 35.4 Å². The molecule has 0 saturated carbocycles. The van der Waals surface area contributed by atoms with Gasteiger partial charge in [0.2, 0.25) is 0 Å². The van der Waals surface area contributed by atoms with Gasteiger partial charge in [-0.2, -0.15) is 0 Å². The Morgan fingerprint density at radius 2 is 2.33 bits per heavy atom. The predicted molar refractivity (Wildman–Crippen MR) is 53.2 cm³/mol. The van der Waals surface area contributed by atoms with Crippen molar-refractivity contribution in [2.24, 2.45) is 0 Å². The van der Waals surface area contributed by atoms with Crippen molar-refractivity contribution in [2.75, 3.05) is 7.11 Å². The molecule has 78 valence electrons. The van der Waals surface area contributed by atoms with Crippen molar-refractivity contribution < 1.29 is 14.3 Å². The topological polar surface area (TPSA) is 35.5 Å². The molecule has 3 nitrogen and oxygen atoms in total. The van der Waals surface area contributed by atoms with Gasteiger partial charge >= 0.3 is 5.97 Å². The van der Waals surface area contributed by atoms with E-state index in [0.29, 0.717) is 0 Å². The summed E-state index contributed by atoms with van der Waals surface area (Å²) >= 11 is 0. The Kier molecular flexibility index (Phi) is 1.68. The summed E-state index contributed by atoms with van der Waals surface area (Å²) in [6, 6.07) is 7.91. The Labute approximate surface area is 88.0 Å². The van der Waals surface area contributed by atoms with Crippen LogP contribution in [0.25, 0.3) is 0 Å². The Hall–Kier alpha value is -1.35. The van der Waals surface area contributed by atoms with Gasteiger partial charge in [-0.05, 0) is 18.4 Å². The third-order valence-corrected chi connectivity index (χ3v) is 3.36. The van der Waals surface area contributed by atoms with E-state index in [9.17, 15) is 4.79 Å². The van der Waals surface area contributed by atoms with Gasteiger partial charge in [-0.3, -0.25) is 0 Å². The summed E-state index contributed by atoms with van der Waals surface area (Å²) in [5, 5.41) is 0. The molecule has 0 radical (unpaired) electrons. The molecule has 1 saturated heterocycles. The molecule has 0 spiro atoms. The van der Waals surface area contributed by atoms with E-state index in [1.54, 1.807) is 0 Å². The monoisotopic (exact) mass is 204 g/mol. The maximum atomic E-state index is 11.8. The first-order valence-corrected chi connectivity index (χ1v) is 5.13. The lowest BCUT2D eigenvalue weighted by Crippen LogP contribution is -2.34. The van der Waals surface area contributed by atoms with Gasteiger partial charge in [0.1, 0.15) is 0 Å². The molecule has 3 rings (SSSR count). The lowest BCUT2D eigenvalue weighted by Gasteiger charge is -2.23. The average molecular weight is 204 g/mol. The lowest BCUT2D eigenvalue weighted by atomic mass is 9.82. The van der Waals surface area contributed by atoms with Gasteiger partial charge in [-0.15, -0.1) is 0 Å². The second-order valence-electron chi connectivity index (χ2n) is 4.05. The normalized spacial score (nSPS) is 31.4. The minimum atomic E-state index is -0.810. The maximum absolute atomic E-state index is 11.8. The number of ether oxygens (including phenoxy) is 2. The van der Waals surface area contributed by atoms with E-state index < -0.39 is 5.60 Å². The highest BCUT2D eigenvalue weighted by Crippen LogP contribution is 2.55. The highest BCUT2D eigenvalue weighted by atomic mass is 16.6. The molecule has 2 aliphatic heterocycles. The molecule has 0 aliphatic carbocycles. The van der Waals surface area contributed by atoms with Crippen molar-refractivity contribution in [3.63, 3.8) is 0 Å². The molecule has 0 unspecified atom stereocenters. The van der Waals surface area contributed by atoms with Crippen molar-refractivity contribution in [1.82, 2.24) is 0 Å². The summed E-state index contributed by atoms with van der Waals surface area (Å²) in [6.07, 6.45) is 1.73. The zero-order valence-corrected chi connectivity index (χ0v) is 8.53. The van der Waals surface area contributed by atoms with E-state index in [4.69, 9.17) is 9.47 Å². The van der Waals surface area contributed by atoms with Gasteiger partial charge in [-0.1, -0.05) is 24.3 Å². The Morgan fingerprint density at radius 3 is 3.13 bits per heavy atom. The number of esters is 1. The van der Waals surface area contributed by atoms with E-state index in [2.05, 4.69) is 0 Å². The van der Waals surface area contributed by atoms with Gasteiger partial charge < -0.3 is 9.47 Å². The van der Waals surface area contributed by atoms with Crippen LogP contribution in [-0.4, -0.2) is 13.1 Å². The van der Waals surface area contributed by atoms with Crippen LogP contribution in [0.2, 0.25) is 0 Å². The van der Waals surface area contributed by atoms with Crippen molar-refractivity contribution in [3.8, 4) is 0 Å². The summed E-state index contributed by atoms with van der Waals surface area (Å²) in [5.41, 5.74) is 1.33. The first-order valence-electron chi connectivity index (χ1n) is 5.13. The molecule has 2 aliphatic rings. The summed E-state index contributed by atoms with van der Waals surface area (Å²) < 4.78 is 10.7. The molecule has 0 aromatic heterocycles. The Morgan fingerprint density at radius 1 is 1.53 bits per heavy atom. The largest absolute Gasteiger partial charge is 0.467 e. The fraction of sp³-hybridized carbons (Fsp3) is 0.417. The zero-order chi connectivity index (χ0) is 10.5. The van der Waals surface area contributed by atoms with E-state index in [-0.39, 0.29) is 12.1 Å². The molecule has 15 heavy (non-hydrogen) atoms. The van der Waals surface area contributed by atoms with E-state index in [1.807, 2.05) is 24.3 Å². The standard InChI is InChI=1S/C12H12O3/c1-14-11(13)12-7-6-10(15-12)8-4-2-3-5-9(8)12/h2-5,10H,6-7H2,1H3/t10-,12+/m1/s1. The fourth-order valence-corrected chi connectivity index (χ4v) is 2.68. The Bertz CT molecular complexity index is 427. The van der Waals surface area contributed by atoms with Crippen molar-refractivity contribution in [1.29, 1.82) is 0 Å². The maximum Gasteiger partial charge on any atom is 0.342 e. The summed E-state index contributed by atoms with van der Waals surface area (Å²) in [6.45, 7) is 0. The number of methoxy groups -OCH3 is 1. The number of carbonyl (C=O) groups excluding carboxylic acids is 1. The number of hydrogen-bond acceptors (Lipinski definition) is 3. The Balaban J connectivity index is 2.17. The smallest absolute Gasteiger partial charge is 0.342 e. The number of carbonyl (C=O) groups is 1. The molecular weight excluding hydrogens is 192 g/mol. The van der Waals surface area contributed by atoms with Crippen LogP contribution < -0.4 is 0 Å². The number of hydrogen-bond donors (Lipinski definition) is 0. The minimum absolute atomic E-state index is 0.0836. The van der Waals surface area contributed by atoms with Crippen LogP contribution >= 0.6 is 0 Å². The minimum Gasteiger partial charge on any atom is -0.467 e. The molecule has 0 amide bonds. The highest BCUT2D eigenvalue weighted by Gasteiger charge is 2.56. The SMILES string of the molecule is COC(=O)[C@@]12CC[C@@H](O1)c1ccccc12. The van der Waals surface area contributed by atoms with Gasteiger partial charge in [0, 0.05) is 5.56 Å². The fourth-order valence-electron chi connectivity index (χ4n) is 2.68. The lowest BCUT2D eigenvalue weighted by molar-refractivity contribution is -0.166. The summed E-state index contributed by atoms with van der Waals surface area (Å²) in [7, 11) is 1.41. The molecule has 2 heterocycles. The van der Waals surface area contributed by atoms with Gasteiger partial charge in [0.15, 0.2) is 5.60 Å². The molecular formula is C12H12O3. The first kappa shape index (κ1) is 8.92. The van der Waals surface area contributed by atoms with Crippen LogP contribution in [-0.2, 0) is 19.9 Å².